The summed E-state index contributed by atoms with van der Waals surface area (Å²) in [7, 11) is 3.91. The molecule has 7 heteroatoms. The van der Waals surface area contributed by atoms with E-state index in [1.165, 1.54) is 6.21 Å². The Balaban J connectivity index is 1.80. The third kappa shape index (κ3) is 2.59. The van der Waals surface area contributed by atoms with Gasteiger partial charge in [-0.1, -0.05) is 30.3 Å². The Morgan fingerprint density at radius 3 is 2.42 bits per heavy atom. The van der Waals surface area contributed by atoms with Crippen LogP contribution in [0.5, 0.6) is 0 Å². The zero-order valence-corrected chi connectivity index (χ0v) is 14.4. The van der Waals surface area contributed by atoms with Gasteiger partial charge >= 0.3 is 11.2 Å². The minimum Gasteiger partial charge on any atom is -0.378 e. The van der Waals surface area contributed by atoms with Crippen LogP contribution in [0.25, 0.3) is 21.9 Å². The van der Waals surface area contributed by atoms with Crippen molar-refractivity contribution >= 4 is 33.8 Å². The van der Waals surface area contributed by atoms with Crippen molar-refractivity contribution in [1.82, 2.24) is 14.6 Å². The fourth-order valence-corrected chi connectivity index (χ4v) is 2.88. The van der Waals surface area contributed by atoms with Crippen molar-refractivity contribution in [2.45, 2.75) is 0 Å². The van der Waals surface area contributed by atoms with E-state index in [1.54, 1.807) is 0 Å². The number of H-pyrrole nitrogens is 2. The summed E-state index contributed by atoms with van der Waals surface area (Å²) in [5.41, 5.74) is 2.39. The SMILES string of the molecule is CN(C)c1ccc(/C=N/n2c(=O)[nH]c3c([nH]c4ccccc43)c2=O)cc1. The maximum atomic E-state index is 12.7. The lowest BCUT2D eigenvalue weighted by Crippen LogP contribution is -2.32. The summed E-state index contributed by atoms with van der Waals surface area (Å²) in [6.45, 7) is 0. The third-order valence-electron chi connectivity index (χ3n) is 4.27. The van der Waals surface area contributed by atoms with Gasteiger partial charge in [-0.3, -0.25) is 4.79 Å². The highest BCUT2D eigenvalue weighted by Crippen LogP contribution is 2.19. The topological polar surface area (TPSA) is 86.2 Å². The van der Waals surface area contributed by atoms with Gasteiger partial charge in [0, 0.05) is 30.7 Å². The van der Waals surface area contributed by atoms with Crippen molar-refractivity contribution in [3.05, 3.63) is 74.9 Å². The molecule has 26 heavy (non-hydrogen) atoms. The first-order valence-electron chi connectivity index (χ1n) is 8.12. The molecular formula is C19H17N5O2. The van der Waals surface area contributed by atoms with Gasteiger partial charge in [0.15, 0.2) is 0 Å². The average molecular weight is 347 g/mol. The number of anilines is 1. The molecule has 0 aliphatic heterocycles. The van der Waals surface area contributed by atoms with E-state index in [-0.39, 0.29) is 0 Å². The van der Waals surface area contributed by atoms with Crippen LogP contribution in [0.15, 0.2) is 63.2 Å². The van der Waals surface area contributed by atoms with Crippen molar-refractivity contribution in [2.24, 2.45) is 5.10 Å². The molecule has 0 saturated carbocycles. The van der Waals surface area contributed by atoms with Crippen molar-refractivity contribution in [3.8, 4) is 0 Å². The minimum atomic E-state index is -0.576. The molecule has 0 spiro atoms. The standard InChI is InChI=1S/C19H17N5O2/c1-23(2)13-9-7-12(8-10-13)11-20-24-18(25)17-16(22-19(24)26)14-5-3-4-6-15(14)21-17/h3-11,21H,1-2H3,(H,22,26)/b20-11+. The Hall–Kier alpha value is -3.61. The van der Waals surface area contributed by atoms with Crippen LogP contribution in [0, 0.1) is 0 Å². The molecule has 4 aromatic rings. The molecule has 0 radical (unpaired) electrons. The number of benzene rings is 2. The summed E-state index contributed by atoms with van der Waals surface area (Å²) < 4.78 is 0.831. The Labute approximate surface area is 148 Å². The molecule has 2 N–H and O–H groups in total. The lowest BCUT2D eigenvalue weighted by molar-refractivity contribution is 0.770. The summed E-state index contributed by atoms with van der Waals surface area (Å²) in [4.78, 5) is 32.8. The molecule has 2 aromatic carbocycles. The quantitative estimate of drug-likeness (QED) is 0.557. The Kier molecular flexibility index (Phi) is 3.69. The molecule has 0 amide bonds. The van der Waals surface area contributed by atoms with E-state index in [9.17, 15) is 9.59 Å². The van der Waals surface area contributed by atoms with Crippen LogP contribution in [0.4, 0.5) is 5.69 Å². The first-order valence-corrected chi connectivity index (χ1v) is 8.12. The van der Waals surface area contributed by atoms with Crippen LogP contribution in [0.1, 0.15) is 5.56 Å². The van der Waals surface area contributed by atoms with Crippen molar-refractivity contribution < 1.29 is 0 Å². The highest BCUT2D eigenvalue weighted by molar-refractivity contribution is 6.04. The summed E-state index contributed by atoms with van der Waals surface area (Å²) >= 11 is 0. The zero-order valence-electron chi connectivity index (χ0n) is 14.4. The fraction of sp³-hybridized carbons (Fsp3) is 0.105. The maximum Gasteiger partial charge on any atom is 0.350 e. The van der Waals surface area contributed by atoms with Crippen molar-refractivity contribution in [2.75, 3.05) is 19.0 Å². The van der Waals surface area contributed by atoms with Crippen LogP contribution in [-0.4, -0.2) is 35.0 Å². The normalized spacial score (nSPS) is 11.6. The first kappa shape index (κ1) is 15.9. The number of hydrogen-bond donors (Lipinski definition) is 2. The van der Waals surface area contributed by atoms with Gasteiger partial charge < -0.3 is 14.9 Å². The van der Waals surface area contributed by atoms with Crippen LogP contribution in [-0.2, 0) is 0 Å². The second-order valence-electron chi connectivity index (χ2n) is 6.20. The molecule has 4 rings (SSSR count). The van der Waals surface area contributed by atoms with E-state index in [2.05, 4.69) is 15.1 Å². The molecule has 0 bridgehead atoms. The van der Waals surface area contributed by atoms with E-state index in [1.807, 2.05) is 67.5 Å². The number of aromatic amines is 2. The largest absolute Gasteiger partial charge is 0.378 e. The molecule has 2 heterocycles. The van der Waals surface area contributed by atoms with Crippen LogP contribution in [0.3, 0.4) is 0 Å². The Morgan fingerprint density at radius 2 is 1.69 bits per heavy atom. The van der Waals surface area contributed by atoms with Crippen LogP contribution < -0.4 is 16.1 Å². The van der Waals surface area contributed by atoms with Gasteiger partial charge in [-0.2, -0.15) is 5.10 Å². The highest BCUT2D eigenvalue weighted by atomic mass is 16.2. The fourth-order valence-electron chi connectivity index (χ4n) is 2.88. The average Bonchev–Trinajstić information content (AvgIpc) is 3.01. The Morgan fingerprint density at radius 1 is 0.962 bits per heavy atom. The summed E-state index contributed by atoms with van der Waals surface area (Å²) in [5, 5.41) is 4.87. The summed E-state index contributed by atoms with van der Waals surface area (Å²) in [6, 6.07) is 15.1. The molecule has 0 fully saturated rings. The van der Waals surface area contributed by atoms with E-state index in [0.29, 0.717) is 11.0 Å². The van der Waals surface area contributed by atoms with Gasteiger partial charge in [-0.25, -0.2) is 4.79 Å². The molecule has 0 atom stereocenters. The van der Waals surface area contributed by atoms with Crippen molar-refractivity contribution in [1.29, 1.82) is 0 Å². The number of rotatable bonds is 3. The molecule has 0 aliphatic rings. The van der Waals surface area contributed by atoms with E-state index < -0.39 is 11.2 Å². The molecule has 0 aliphatic carbocycles. The number of para-hydroxylation sites is 1. The number of aromatic nitrogens is 3. The second-order valence-corrected chi connectivity index (χ2v) is 6.20. The van der Waals surface area contributed by atoms with E-state index in [4.69, 9.17) is 0 Å². The van der Waals surface area contributed by atoms with Crippen LogP contribution >= 0.6 is 0 Å². The Bertz CT molecular complexity index is 1240. The van der Waals surface area contributed by atoms with E-state index in [0.717, 1.165) is 26.8 Å². The van der Waals surface area contributed by atoms with Crippen LogP contribution in [0.2, 0.25) is 0 Å². The first-order chi connectivity index (χ1) is 12.5. The van der Waals surface area contributed by atoms with Gasteiger partial charge in [-0.05, 0) is 23.8 Å². The van der Waals surface area contributed by atoms with Gasteiger partial charge in [-0.15, -0.1) is 4.68 Å². The van der Waals surface area contributed by atoms with Gasteiger partial charge in [0.2, 0.25) is 0 Å². The van der Waals surface area contributed by atoms with Gasteiger partial charge in [0.1, 0.15) is 5.52 Å². The van der Waals surface area contributed by atoms with Crippen molar-refractivity contribution in [3.63, 3.8) is 0 Å². The van der Waals surface area contributed by atoms with Gasteiger partial charge in [0.25, 0.3) is 0 Å². The molecule has 0 unspecified atom stereocenters. The maximum absolute atomic E-state index is 12.7. The molecule has 2 aromatic heterocycles. The number of hydrogen-bond acceptors (Lipinski definition) is 4. The van der Waals surface area contributed by atoms with Gasteiger partial charge in [0.05, 0.1) is 11.7 Å². The molecule has 7 nitrogen and oxygen atoms in total. The number of fused-ring (bicyclic) bond motifs is 3. The predicted molar refractivity (Wildman–Crippen MR) is 104 cm³/mol. The molecule has 0 saturated heterocycles. The summed E-state index contributed by atoms with van der Waals surface area (Å²) in [6.07, 6.45) is 1.49. The minimum absolute atomic E-state index is 0.325. The molecule has 130 valence electrons. The molecular weight excluding hydrogens is 330 g/mol. The zero-order chi connectivity index (χ0) is 18.3. The smallest absolute Gasteiger partial charge is 0.350 e. The predicted octanol–water partition coefficient (Wildman–Crippen LogP) is 2.12. The lowest BCUT2D eigenvalue weighted by Gasteiger charge is -2.11. The number of nitrogens with zero attached hydrogens (tertiary/aromatic N) is 3. The van der Waals surface area contributed by atoms with E-state index >= 15 is 0 Å². The second kappa shape index (κ2) is 6.03. The monoisotopic (exact) mass is 347 g/mol. The lowest BCUT2D eigenvalue weighted by atomic mass is 10.2. The third-order valence-corrected chi connectivity index (χ3v) is 4.27. The summed E-state index contributed by atoms with van der Waals surface area (Å²) in [5.74, 6) is 0. The number of nitrogens with one attached hydrogen (secondary N) is 2. The highest BCUT2D eigenvalue weighted by Gasteiger charge is 2.11.